The summed E-state index contributed by atoms with van der Waals surface area (Å²) in [6, 6.07) is 1.94. The number of nitrogens with one attached hydrogen (secondary N) is 2. The molecule has 0 aliphatic heterocycles. The van der Waals surface area contributed by atoms with Gasteiger partial charge in [0.1, 0.15) is 18.0 Å². The monoisotopic (exact) mass is 223 g/mol. The Morgan fingerprint density at radius 3 is 2.56 bits per heavy atom. The van der Waals surface area contributed by atoms with Crippen LogP contribution in [0.1, 0.15) is 13.8 Å². The number of anilines is 2. The van der Waals surface area contributed by atoms with Crippen LogP contribution in [0.5, 0.6) is 0 Å². The molecular formula is C11H21N5. The van der Waals surface area contributed by atoms with Crippen molar-refractivity contribution in [2.45, 2.75) is 19.4 Å². The third-order valence-corrected chi connectivity index (χ3v) is 2.20. The van der Waals surface area contributed by atoms with Gasteiger partial charge in [-0.1, -0.05) is 0 Å². The van der Waals surface area contributed by atoms with E-state index >= 15 is 0 Å². The molecule has 0 fully saturated rings. The van der Waals surface area contributed by atoms with Crippen LogP contribution in [0.4, 0.5) is 11.6 Å². The molecule has 1 heterocycles. The first-order valence-electron chi connectivity index (χ1n) is 5.37. The second-order valence-electron chi connectivity index (χ2n) is 4.70. The fourth-order valence-electron chi connectivity index (χ4n) is 1.49. The van der Waals surface area contributed by atoms with Crippen molar-refractivity contribution in [2.24, 2.45) is 0 Å². The summed E-state index contributed by atoms with van der Waals surface area (Å²) in [7, 11) is 5.87. The normalized spacial score (nSPS) is 11.3. The second kappa shape index (κ2) is 5.12. The summed E-state index contributed by atoms with van der Waals surface area (Å²) >= 11 is 0. The summed E-state index contributed by atoms with van der Waals surface area (Å²) in [5, 5.41) is 6.52. The molecule has 5 heteroatoms. The predicted molar refractivity (Wildman–Crippen MR) is 68.0 cm³/mol. The highest BCUT2D eigenvalue weighted by Gasteiger charge is 2.16. The fraction of sp³-hybridized carbons (Fsp3) is 0.636. The molecule has 0 bridgehead atoms. The van der Waals surface area contributed by atoms with Crippen molar-refractivity contribution in [1.82, 2.24) is 15.3 Å². The van der Waals surface area contributed by atoms with E-state index < -0.39 is 0 Å². The van der Waals surface area contributed by atoms with Crippen LogP contribution in [0, 0.1) is 0 Å². The molecule has 0 aromatic carbocycles. The molecule has 0 atom stereocenters. The fourth-order valence-corrected chi connectivity index (χ4v) is 1.49. The number of hydrogen-bond acceptors (Lipinski definition) is 5. The molecule has 2 N–H and O–H groups in total. The lowest BCUT2D eigenvalue weighted by Crippen LogP contribution is -2.41. The summed E-state index contributed by atoms with van der Waals surface area (Å²) in [6.45, 7) is 5.12. The second-order valence-corrected chi connectivity index (χ2v) is 4.70. The van der Waals surface area contributed by atoms with Crippen LogP contribution in [0.2, 0.25) is 0 Å². The topological polar surface area (TPSA) is 53.1 Å². The molecule has 0 spiro atoms. The first kappa shape index (κ1) is 12.7. The Hall–Kier alpha value is -1.36. The maximum atomic E-state index is 4.21. The molecule has 0 saturated carbocycles. The van der Waals surface area contributed by atoms with Crippen molar-refractivity contribution in [3.63, 3.8) is 0 Å². The number of rotatable bonds is 5. The first-order valence-corrected chi connectivity index (χ1v) is 5.37. The smallest absolute Gasteiger partial charge is 0.133 e. The Morgan fingerprint density at radius 2 is 2.00 bits per heavy atom. The molecule has 5 nitrogen and oxygen atoms in total. The largest absolute Gasteiger partial charge is 0.364 e. The standard InChI is InChI=1S/C11H21N5/c1-11(2,7-12-3)15-9-6-10(16(4)5)14-8-13-9/h6,8,12H,7H2,1-5H3,(H,13,14,15). The Kier molecular flexibility index (Phi) is 4.06. The van der Waals surface area contributed by atoms with Crippen LogP contribution in [0.15, 0.2) is 12.4 Å². The lowest BCUT2D eigenvalue weighted by Gasteiger charge is -2.26. The van der Waals surface area contributed by atoms with Gasteiger partial charge in [-0.15, -0.1) is 0 Å². The highest BCUT2D eigenvalue weighted by molar-refractivity contribution is 5.48. The molecule has 1 rings (SSSR count). The van der Waals surface area contributed by atoms with Crippen molar-refractivity contribution in [2.75, 3.05) is 37.9 Å². The Labute approximate surface area is 97.3 Å². The van der Waals surface area contributed by atoms with Gasteiger partial charge in [-0.2, -0.15) is 0 Å². The molecule has 0 aliphatic carbocycles. The van der Waals surface area contributed by atoms with Crippen LogP contribution in [-0.2, 0) is 0 Å². The molecule has 0 unspecified atom stereocenters. The summed E-state index contributed by atoms with van der Waals surface area (Å²) < 4.78 is 0. The number of aromatic nitrogens is 2. The summed E-state index contributed by atoms with van der Waals surface area (Å²) in [6.07, 6.45) is 1.58. The molecule has 0 radical (unpaired) electrons. The number of likely N-dealkylation sites (N-methyl/N-ethyl adjacent to an activating group) is 1. The quantitative estimate of drug-likeness (QED) is 0.778. The van der Waals surface area contributed by atoms with Gasteiger partial charge < -0.3 is 15.5 Å². The van der Waals surface area contributed by atoms with Crippen LogP contribution in [0.3, 0.4) is 0 Å². The minimum absolute atomic E-state index is 0.0350. The van der Waals surface area contributed by atoms with Gasteiger partial charge in [-0.05, 0) is 20.9 Å². The average molecular weight is 223 g/mol. The van der Waals surface area contributed by atoms with Crippen molar-refractivity contribution in [1.29, 1.82) is 0 Å². The predicted octanol–water partition coefficient (Wildman–Crippen LogP) is 0.952. The van der Waals surface area contributed by atoms with E-state index in [4.69, 9.17) is 0 Å². The van der Waals surface area contributed by atoms with Gasteiger partial charge in [0.05, 0.1) is 0 Å². The minimum Gasteiger partial charge on any atom is -0.364 e. The molecule has 0 amide bonds. The van der Waals surface area contributed by atoms with Gasteiger partial charge in [0.15, 0.2) is 0 Å². The minimum atomic E-state index is -0.0350. The van der Waals surface area contributed by atoms with E-state index in [1.165, 1.54) is 0 Å². The van der Waals surface area contributed by atoms with Gasteiger partial charge in [0.25, 0.3) is 0 Å². The van der Waals surface area contributed by atoms with Crippen LogP contribution in [0.25, 0.3) is 0 Å². The zero-order chi connectivity index (χ0) is 12.2. The van der Waals surface area contributed by atoms with Gasteiger partial charge >= 0.3 is 0 Å². The SMILES string of the molecule is CNCC(C)(C)Nc1cc(N(C)C)ncn1. The summed E-state index contributed by atoms with van der Waals surface area (Å²) in [4.78, 5) is 10.3. The molecular weight excluding hydrogens is 202 g/mol. The van der Waals surface area contributed by atoms with E-state index in [0.29, 0.717) is 0 Å². The van der Waals surface area contributed by atoms with Gasteiger partial charge in [0.2, 0.25) is 0 Å². The van der Waals surface area contributed by atoms with E-state index in [-0.39, 0.29) is 5.54 Å². The zero-order valence-electron chi connectivity index (χ0n) is 10.7. The molecule has 1 aromatic heterocycles. The van der Waals surface area contributed by atoms with Crippen molar-refractivity contribution < 1.29 is 0 Å². The highest BCUT2D eigenvalue weighted by Crippen LogP contribution is 2.15. The maximum absolute atomic E-state index is 4.21. The van der Waals surface area contributed by atoms with Gasteiger partial charge in [-0.25, -0.2) is 9.97 Å². The zero-order valence-corrected chi connectivity index (χ0v) is 10.7. The lowest BCUT2D eigenvalue weighted by atomic mass is 10.1. The third kappa shape index (κ3) is 3.66. The Balaban J connectivity index is 2.77. The van der Waals surface area contributed by atoms with E-state index in [0.717, 1.165) is 18.2 Å². The van der Waals surface area contributed by atoms with E-state index in [2.05, 4.69) is 34.4 Å². The highest BCUT2D eigenvalue weighted by atomic mass is 15.2. The van der Waals surface area contributed by atoms with Crippen LogP contribution < -0.4 is 15.5 Å². The van der Waals surface area contributed by atoms with E-state index in [1.807, 2.05) is 32.1 Å². The average Bonchev–Trinajstić information content (AvgIpc) is 2.17. The molecule has 16 heavy (non-hydrogen) atoms. The molecule has 0 aliphatic rings. The van der Waals surface area contributed by atoms with E-state index in [1.54, 1.807) is 6.33 Å². The molecule has 0 saturated heterocycles. The lowest BCUT2D eigenvalue weighted by molar-refractivity contribution is 0.528. The van der Waals surface area contributed by atoms with Crippen molar-refractivity contribution in [3.8, 4) is 0 Å². The van der Waals surface area contributed by atoms with Crippen LogP contribution in [-0.4, -0.2) is 43.2 Å². The van der Waals surface area contributed by atoms with Crippen LogP contribution >= 0.6 is 0 Å². The summed E-state index contributed by atoms with van der Waals surface area (Å²) in [5.41, 5.74) is -0.0350. The first-order chi connectivity index (χ1) is 7.44. The van der Waals surface area contributed by atoms with Crippen molar-refractivity contribution >= 4 is 11.6 Å². The van der Waals surface area contributed by atoms with Crippen molar-refractivity contribution in [3.05, 3.63) is 12.4 Å². The Morgan fingerprint density at radius 1 is 1.31 bits per heavy atom. The number of hydrogen-bond donors (Lipinski definition) is 2. The summed E-state index contributed by atoms with van der Waals surface area (Å²) in [5.74, 6) is 1.75. The third-order valence-electron chi connectivity index (χ3n) is 2.20. The van der Waals surface area contributed by atoms with E-state index in [9.17, 15) is 0 Å². The maximum Gasteiger partial charge on any atom is 0.133 e. The van der Waals surface area contributed by atoms with Gasteiger partial charge in [0, 0.05) is 32.2 Å². The Bertz CT molecular complexity index is 335. The molecule has 90 valence electrons. The molecule has 1 aromatic rings. The van der Waals surface area contributed by atoms with Gasteiger partial charge in [-0.3, -0.25) is 0 Å². The number of nitrogens with zero attached hydrogens (tertiary/aromatic N) is 3.